The summed E-state index contributed by atoms with van der Waals surface area (Å²) in [6.07, 6.45) is 0. The Morgan fingerprint density at radius 1 is 1.25 bits per heavy atom. The van der Waals surface area contributed by atoms with E-state index in [9.17, 15) is 14.7 Å². The summed E-state index contributed by atoms with van der Waals surface area (Å²) in [5.74, 6) is -1.69. The molecule has 0 fully saturated rings. The SMILES string of the molecule is CC(C)(C)C(C(=O)O)C(=O)Nc1ccc2c(c1)OCO2. The molecular weight excluding hydrogens is 262 g/mol. The van der Waals surface area contributed by atoms with Crippen LogP contribution in [0.15, 0.2) is 18.2 Å². The molecule has 1 aliphatic rings. The Hall–Kier alpha value is -2.24. The maximum absolute atomic E-state index is 12.1. The van der Waals surface area contributed by atoms with E-state index in [2.05, 4.69) is 5.32 Å². The molecule has 2 N–H and O–H groups in total. The van der Waals surface area contributed by atoms with Gasteiger partial charge in [-0.2, -0.15) is 0 Å². The summed E-state index contributed by atoms with van der Waals surface area (Å²) in [4.78, 5) is 23.4. The van der Waals surface area contributed by atoms with Crippen LogP contribution in [0.3, 0.4) is 0 Å². The molecule has 0 bridgehead atoms. The molecule has 0 saturated heterocycles. The number of carbonyl (C=O) groups excluding carboxylic acids is 1. The maximum atomic E-state index is 12.1. The van der Waals surface area contributed by atoms with E-state index in [0.717, 1.165) is 0 Å². The number of ether oxygens (including phenoxy) is 2. The minimum absolute atomic E-state index is 0.145. The Bertz CT molecular complexity index is 547. The van der Waals surface area contributed by atoms with Crippen LogP contribution in [0.5, 0.6) is 11.5 Å². The molecule has 1 unspecified atom stereocenters. The largest absolute Gasteiger partial charge is 0.481 e. The predicted octanol–water partition coefficient (Wildman–Crippen LogP) is 2.10. The van der Waals surface area contributed by atoms with Crippen molar-refractivity contribution < 1.29 is 24.2 Å². The minimum atomic E-state index is -1.14. The number of hydrogen-bond acceptors (Lipinski definition) is 4. The van der Waals surface area contributed by atoms with E-state index in [1.54, 1.807) is 39.0 Å². The van der Waals surface area contributed by atoms with Crippen molar-refractivity contribution in [3.63, 3.8) is 0 Å². The summed E-state index contributed by atoms with van der Waals surface area (Å²) in [5, 5.41) is 11.8. The van der Waals surface area contributed by atoms with Crippen molar-refractivity contribution in [2.75, 3.05) is 12.1 Å². The average Bonchev–Trinajstić information content (AvgIpc) is 2.73. The Morgan fingerprint density at radius 3 is 2.50 bits per heavy atom. The van der Waals surface area contributed by atoms with Crippen molar-refractivity contribution in [2.45, 2.75) is 20.8 Å². The van der Waals surface area contributed by atoms with Crippen molar-refractivity contribution in [1.82, 2.24) is 0 Å². The standard InChI is InChI=1S/C14H17NO5/c1-14(2,3)11(13(17)18)12(16)15-8-4-5-9-10(6-8)20-7-19-9/h4-6,11H,7H2,1-3H3,(H,15,16)(H,17,18). The highest BCUT2D eigenvalue weighted by Crippen LogP contribution is 2.35. The van der Waals surface area contributed by atoms with E-state index in [0.29, 0.717) is 17.2 Å². The van der Waals surface area contributed by atoms with E-state index >= 15 is 0 Å². The molecule has 0 aliphatic carbocycles. The lowest BCUT2D eigenvalue weighted by Gasteiger charge is -2.25. The lowest BCUT2D eigenvalue weighted by Crippen LogP contribution is -2.39. The first kappa shape index (κ1) is 14.2. The molecule has 108 valence electrons. The van der Waals surface area contributed by atoms with E-state index in [1.165, 1.54) is 0 Å². The first-order chi connectivity index (χ1) is 9.29. The number of anilines is 1. The third kappa shape index (κ3) is 2.84. The van der Waals surface area contributed by atoms with E-state index in [1.807, 2.05) is 0 Å². The van der Waals surface area contributed by atoms with E-state index in [-0.39, 0.29) is 6.79 Å². The number of carbonyl (C=O) groups is 2. The van der Waals surface area contributed by atoms with Gasteiger partial charge in [-0.15, -0.1) is 0 Å². The molecule has 1 amide bonds. The maximum Gasteiger partial charge on any atom is 0.316 e. The molecular formula is C14H17NO5. The van der Waals surface area contributed by atoms with Gasteiger partial charge in [-0.05, 0) is 17.5 Å². The fourth-order valence-electron chi connectivity index (χ4n) is 2.06. The van der Waals surface area contributed by atoms with Crippen LogP contribution in [-0.2, 0) is 9.59 Å². The summed E-state index contributed by atoms with van der Waals surface area (Å²) in [6.45, 7) is 5.29. The first-order valence-electron chi connectivity index (χ1n) is 6.22. The van der Waals surface area contributed by atoms with Crippen LogP contribution >= 0.6 is 0 Å². The lowest BCUT2D eigenvalue weighted by atomic mass is 9.80. The number of benzene rings is 1. The van der Waals surface area contributed by atoms with Crippen LogP contribution in [0.2, 0.25) is 0 Å². The van der Waals surface area contributed by atoms with Gasteiger partial charge in [0.25, 0.3) is 0 Å². The second kappa shape index (κ2) is 5.03. The second-order valence-corrected chi connectivity index (χ2v) is 5.69. The van der Waals surface area contributed by atoms with Crippen LogP contribution < -0.4 is 14.8 Å². The van der Waals surface area contributed by atoms with Crippen molar-refractivity contribution in [3.8, 4) is 11.5 Å². The molecule has 1 aliphatic heterocycles. The summed E-state index contributed by atoms with van der Waals surface area (Å²) < 4.78 is 10.4. The predicted molar refractivity (Wildman–Crippen MR) is 71.8 cm³/mol. The van der Waals surface area contributed by atoms with Crippen molar-refractivity contribution in [1.29, 1.82) is 0 Å². The van der Waals surface area contributed by atoms with Gasteiger partial charge in [-0.3, -0.25) is 9.59 Å². The van der Waals surface area contributed by atoms with Gasteiger partial charge in [0.15, 0.2) is 11.5 Å². The third-order valence-corrected chi connectivity index (χ3v) is 3.02. The molecule has 6 nitrogen and oxygen atoms in total. The molecule has 0 radical (unpaired) electrons. The minimum Gasteiger partial charge on any atom is -0.481 e. The summed E-state index contributed by atoms with van der Waals surface area (Å²) in [7, 11) is 0. The van der Waals surface area contributed by atoms with Crippen LogP contribution in [-0.4, -0.2) is 23.8 Å². The van der Waals surface area contributed by atoms with Gasteiger partial charge >= 0.3 is 5.97 Å². The van der Waals surface area contributed by atoms with Gasteiger partial charge in [0.2, 0.25) is 12.7 Å². The van der Waals surface area contributed by atoms with Gasteiger partial charge in [-0.25, -0.2) is 0 Å². The molecule has 2 rings (SSSR count). The van der Waals surface area contributed by atoms with Crippen LogP contribution in [0.4, 0.5) is 5.69 Å². The highest BCUT2D eigenvalue weighted by atomic mass is 16.7. The number of hydrogen-bond donors (Lipinski definition) is 2. The zero-order chi connectivity index (χ0) is 14.9. The lowest BCUT2D eigenvalue weighted by molar-refractivity contribution is -0.149. The van der Waals surface area contributed by atoms with E-state index in [4.69, 9.17) is 9.47 Å². The number of carboxylic acid groups (broad SMARTS) is 1. The number of fused-ring (bicyclic) bond motifs is 1. The van der Waals surface area contributed by atoms with Gasteiger partial charge in [0, 0.05) is 11.8 Å². The van der Waals surface area contributed by atoms with Crippen molar-refractivity contribution in [3.05, 3.63) is 18.2 Å². The second-order valence-electron chi connectivity index (χ2n) is 5.69. The fourth-order valence-corrected chi connectivity index (χ4v) is 2.06. The summed E-state index contributed by atoms with van der Waals surface area (Å²) >= 11 is 0. The zero-order valence-electron chi connectivity index (χ0n) is 11.6. The number of nitrogens with one attached hydrogen (secondary N) is 1. The average molecular weight is 279 g/mol. The molecule has 0 aromatic heterocycles. The highest BCUT2D eigenvalue weighted by Gasteiger charge is 2.37. The monoisotopic (exact) mass is 279 g/mol. The summed E-state index contributed by atoms with van der Waals surface area (Å²) in [5.41, 5.74) is -0.193. The Balaban J connectivity index is 2.16. The van der Waals surface area contributed by atoms with E-state index < -0.39 is 23.2 Å². The zero-order valence-corrected chi connectivity index (χ0v) is 11.6. The van der Waals surface area contributed by atoms with Crippen molar-refractivity contribution >= 4 is 17.6 Å². The quantitative estimate of drug-likeness (QED) is 0.828. The van der Waals surface area contributed by atoms with Gasteiger partial charge < -0.3 is 19.9 Å². The van der Waals surface area contributed by atoms with Crippen LogP contribution in [0.1, 0.15) is 20.8 Å². The Morgan fingerprint density at radius 2 is 1.90 bits per heavy atom. The molecule has 1 aromatic carbocycles. The van der Waals surface area contributed by atoms with Crippen LogP contribution in [0.25, 0.3) is 0 Å². The Kier molecular flexibility index (Phi) is 3.57. The molecule has 0 saturated carbocycles. The molecule has 1 aromatic rings. The molecule has 20 heavy (non-hydrogen) atoms. The van der Waals surface area contributed by atoms with Crippen molar-refractivity contribution in [2.24, 2.45) is 11.3 Å². The molecule has 1 heterocycles. The number of amides is 1. The number of rotatable bonds is 3. The molecule has 1 atom stereocenters. The fraction of sp³-hybridized carbons (Fsp3) is 0.429. The van der Waals surface area contributed by atoms with Gasteiger partial charge in [0.05, 0.1) is 0 Å². The molecule has 6 heteroatoms. The third-order valence-electron chi connectivity index (χ3n) is 3.02. The van der Waals surface area contributed by atoms with Gasteiger partial charge in [0.1, 0.15) is 5.92 Å². The highest BCUT2D eigenvalue weighted by molar-refractivity contribution is 6.05. The number of aliphatic carboxylic acids is 1. The first-order valence-corrected chi connectivity index (χ1v) is 6.22. The normalized spacial score (nSPS) is 14.8. The molecule has 0 spiro atoms. The Labute approximate surface area is 116 Å². The number of carboxylic acids is 1. The summed E-state index contributed by atoms with van der Waals surface area (Å²) in [6, 6.07) is 4.93. The topological polar surface area (TPSA) is 84.9 Å². The smallest absolute Gasteiger partial charge is 0.316 e. The van der Waals surface area contributed by atoms with Gasteiger partial charge in [-0.1, -0.05) is 20.8 Å². The van der Waals surface area contributed by atoms with Crippen LogP contribution in [0, 0.1) is 11.3 Å².